The normalized spacial score (nSPS) is 27.6. The molecule has 1 fully saturated rings. The molecule has 0 aromatic carbocycles. The fourth-order valence-electron chi connectivity index (χ4n) is 2.89. The van der Waals surface area contributed by atoms with Crippen LogP contribution in [0, 0.1) is 5.92 Å². The van der Waals surface area contributed by atoms with E-state index in [-0.39, 0.29) is 5.91 Å². The van der Waals surface area contributed by atoms with Crippen LogP contribution in [0.1, 0.15) is 71.6 Å². The van der Waals surface area contributed by atoms with Gasteiger partial charge in [0.05, 0.1) is 0 Å². The number of carbonyl (C=O) groups excluding carboxylic acids is 1. The van der Waals surface area contributed by atoms with Gasteiger partial charge in [-0.2, -0.15) is 0 Å². The lowest BCUT2D eigenvalue weighted by atomic mass is 9.93. The Hall–Kier alpha value is -0.530. The average Bonchev–Trinajstić information content (AvgIpc) is 2.31. The summed E-state index contributed by atoms with van der Waals surface area (Å²) in [5.74, 6) is 1.08. The van der Waals surface area contributed by atoms with Crippen LogP contribution in [0.5, 0.6) is 0 Å². The Kier molecular flexibility index (Phi) is 6.51. The molecule has 2 nitrogen and oxygen atoms in total. The number of hydrogen-bond donors (Lipinski definition) is 1. The minimum Gasteiger partial charge on any atom is -0.354 e. The third kappa shape index (κ3) is 5.53. The van der Waals surface area contributed by atoms with Crippen LogP contribution in [0.3, 0.4) is 0 Å². The van der Waals surface area contributed by atoms with Crippen molar-refractivity contribution in [3.05, 3.63) is 0 Å². The molecule has 0 spiro atoms. The Morgan fingerprint density at radius 2 is 1.75 bits per heavy atom. The van der Waals surface area contributed by atoms with Gasteiger partial charge < -0.3 is 5.32 Å². The monoisotopic (exact) mass is 225 g/mol. The molecule has 1 N–H and O–H groups in total. The smallest absolute Gasteiger partial charge is 0.217 e. The van der Waals surface area contributed by atoms with E-state index in [9.17, 15) is 4.79 Å². The second kappa shape index (κ2) is 7.70. The molecule has 1 rings (SSSR count). The van der Waals surface area contributed by atoms with Crippen LogP contribution in [-0.4, -0.2) is 11.9 Å². The van der Waals surface area contributed by atoms with Gasteiger partial charge in [0.25, 0.3) is 0 Å². The van der Waals surface area contributed by atoms with Crippen LogP contribution >= 0.6 is 0 Å². The summed E-state index contributed by atoms with van der Waals surface area (Å²) in [7, 11) is 0. The molecule has 1 saturated carbocycles. The SMILES string of the molecule is CCCC1CCCCC(NC(C)=O)CCC1. The molecule has 94 valence electrons. The molecule has 0 bridgehead atoms. The van der Waals surface area contributed by atoms with Crippen molar-refractivity contribution >= 4 is 5.91 Å². The molecule has 0 aliphatic heterocycles. The van der Waals surface area contributed by atoms with Crippen LogP contribution < -0.4 is 5.32 Å². The lowest BCUT2D eigenvalue weighted by Crippen LogP contribution is -2.32. The molecule has 1 amide bonds. The Bertz CT molecular complexity index is 203. The molecular formula is C14H27NO. The average molecular weight is 225 g/mol. The second-order valence-corrected chi connectivity index (χ2v) is 5.27. The zero-order valence-electron chi connectivity index (χ0n) is 10.9. The maximum atomic E-state index is 11.1. The summed E-state index contributed by atoms with van der Waals surface area (Å²) in [6, 6.07) is 0.442. The van der Waals surface area contributed by atoms with Crippen LogP contribution in [0.25, 0.3) is 0 Å². The van der Waals surface area contributed by atoms with Gasteiger partial charge in [-0.1, -0.05) is 51.9 Å². The Balaban J connectivity index is 2.33. The van der Waals surface area contributed by atoms with Crippen molar-refractivity contribution in [1.82, 2.24) is 5.32 Å². The van der Waals surface area contributed by atoms with Crippen molar-refractivity contribution in [1.29, 1.82) is 0 Å². The molecule has 0 aromatic rings. The van der Waals surface area contributed by atoms with E-state index in [2.05, 4.69) is 12.2 Å². The van der Waals surface area contributed by atoms with Crippen LogP contribution in [0.15, 0.2) is 0 Å². The van der Waals surface area contributed by atoms with Gasteiger partial charge in [0.2, 0.25) is 5.91 Å². The second-order valence-electron chi connectivity index (χ2n) is 5.27. The van der Waals surface area contributed by atoms with Gasteiger partial charge in [-0.25, -0.2) is 0 Å². The van der Waals surface area contributed by atoms with Crippen molar-refractivity contribution in [3.63, 3.8) is 0 Å². The van der Waals surface area contributed by atoms with Crippen molar-refractivity contribution in [2.45, 2.75) is 77.7 Å². The summed E-state index contributed by atoms with van der Waals surface area (Å²) in [6.07, 6.45) is 11.8. The molecule has 0 aromatic heterocycles. The predicted molar refractivity (Wildman–Crippen MR) is 68.3 cm³/mol. The van der Waals surface area contributed by atoms with E-state index in [1.165, 1.54) is 57.8 Å². The molecule has 0 saturated heterocycles. The Labute approximate surface area is 100 Å². The van der Waals surface area contributed by atoms with Gasteiger partial charge in [-0.05, 0) is 18.8 Å². The van der Waals surface area contributed by atoms with E-state index >= 15 is 0 Å². The molecule has 2 unspecified atom stereocenters. The number of nitrogens with one attached hydrogen (secondary N) is 1. The highest BCUT2D eigenvalue weighted by Gasteiger charge is 2.15. The minimum atomic E-state index is 0.134. The molecule has 0 radical (unpaired) electrons. The fraction of sp³-hybridized carbons (Fsp3) is 0.929. The molecule has 1 aliphatic rings. The summed E-state index contributed by atoms with van der Waals surface area (Å²) in [5.41, 5.74) is 0. The van der Waals surface area contributed by atoms with Crippen LogP contribution in [0.2, 0.25) is 0 Å². The molecular weight excluding hydrogens is 198 g/mol. The molecule has 2 atom stereocenters. The van der Waals surface area contributed by atoms with Crippen molar-refractivity contribution in [3.8, 4) is 0 Å². The van der Waals surface area contributed by atoms with Gasteiger partial charge in [-0.3, -0.25) is 4.79 Å². The van der Waals surface area contributed by atoms with E-state index in [4.69, 9.17) is 0 Å². The Morgan fingerprint density at radius 3 is 2.44 bits per heavy atom. The summed E-state index contributed by atoms with van der Waals surface area (Å²) >= 11 is 0. The third-order valence-electron chi connectivity index (χ3n) is 3.68. The zero-order chi connectivity index (χ0) is 11.8. The zero-order valence-corrected chi connectivity index (χ0v) is 10.9. The maximum Gasteiger partial charge on any atom is 0.217 e. The van der Waals surface area contributed by atoms with Crippen molar-refractivity contribution in [2.75, 3.05) is 0 Å². The maximum absolute atomic E-state index is 11.1. The molecule has 16 heavy (non-hydrogen) atoms. The summed E-state index contributed by atoms with van der Waals surface area (Å²) in [4.78, 5) is 11.1. The quantitative estimate of drug-likeness (QED) is 0.780. The summed E-state index contributed by atoms with van der Waals surface area (Å²) in [6.45, 7) is 3.92. The predicted octanol–water partition coefficient (Wildman–Crippen LogP) is 3.65. The lowest BCUT2D eigenvalue weighted by molar-refractivity contribution is -0.119. The lowest BCUT2D eigenvalue weighted by Gasteiger charge is -2.16. The number of amides is 1. The largest absolute Gasteiger partial charge is 0.354 e. The van der Waals surface area contributed by atoms with Gasteiger partial charge in [0.15, 0.2) is 0 Å². The first-order chi connectivity index (χ1) is 7.72. The highest BCUT2D eigenvalue weighted by Crippen LogP contribution is 2.25. The number of hydrogen-bond acceptors (Lipinski definition) is 1. The Morgan fingerprint density at radius 1 is 1.12 bits per heavy atom. The molecule has 0 heterocycles. The van der Waals surface area contributed by atoms with Crippen LogP contribution in [-0.2, 0) is 4.79 Å². The summed E-state index contributed by atoms with van der Waals surface area (Å²) < 4.78 is 0. The first-order valence-electron chi connectivity index (χ1n) is 6.99. The fourth-order valence-corrected chi connectivity index (χ4v) is 2.89. The van der Waals surface area contributed by atoms with E-state index in [1.54, 1.807) is 6.92 Å². The highest BCUT2D eigenvalue weighted by molar-refractivity contribution is 5.73. The number of rotatable bonds is 3. The first-order valence-corrected chi connectivity index (χ1v) is 6.99. The van der Waals surface area contributed by atoms with E-state index in [1.807, 2.05) is 0 Å². The van der Waals surface area contributed by atoms with E-state index in [0.717, 1.165) is 5.92 Å². The topological polar surface area (TPSA) is 29.1 Å². The van der Waals surface area contributed by atoms with Crippen molar-refractivity contribution < 1.29 is 4.79 Å². The van der Waals surface area contributed by atoms with E-state index in [0.29, 0.717) is 6.04 Å². The van der Waals surface area contributed by atoms with Crippen molar-refractivity contribution in [2.24, 2.45) is 5.92 Å². The number of carbonyl (C=O) groups is 1. The standard InChI is InChI=1S/C14H27NO/c1-3-7-13-8-4-5-10-14(11-6-9-13)15-12(2)16/h13-14H,3-11H2,1-2H3,(H,15,16). The molecule has 2 heteroatoms. The van der Waals surface area contributed by atoms with E-state index < -0.39 is 0 Å². The summed E-state index contributed by atoms with van der Waals surface area (Å²) in [5, 5.41) is 3.09. The van der Waals surface area contributed by atoms with Gasteiger partial charge in [-0.15, -0.1) is 0 Å². The van der Waals surface area contributed by atoms with Crippen LogP contribution in [0.4, 0.5) is 0 Å². The van der Waals surface area contributed by atoms with Gasteiger partial charge >= 0.3 is 0 Å². The third-order valence-corrected chi connectivity index (χ3v) is 3.68. The molecule has 1 aliphatic carbocycles. The van der Waals surface area contributed by atoms with Gasteiger partial charge in [0, 0.05) is 13.0 Å². The minimum absolute atomic E-state index is 0.134. The highest BCUT2D eigenvalue weighted by atomic mass is 16.1. The van der Waals surface area contributed by atoms with Gasteiger partial charge in [0.1, 0.15) is 0 Å². The first kappa shape index (κ1) is 13.5.